The lowest BCUT2D eigenvalue weighted by Crippen LogP contribution is -2.01. The summed E-state index contributed by atoms with van der Waals surface area (Å²) in [6, 6.07) is 12.8. The molecule has 0 amide bonds. The van der Waals surface area contributed by atoms with Gasteiger partial charge in [0.2, 0.25) is 0 Å². The quantitative estimate of drug-likeness (QED) is 0.486. The van der Waals surface area contributed by atoms with E-state index in [1.807, 2.05) is 28.8 Å². The van der Waals surface area contributed by atoms with Crippen molar-refractivity contribution >= 4 is 40.8 Å². The molecule has 3 rings (SSSR count). The third-order valence-electron chi connectivity index (χ3n) is 3.60. The van der Waals surface area contributed by atoms with Gasteiger partial charge in [0, 0.05) is 24.0 Å². The van der Waals surface area contributed by atoms with E-state index in [1.54, 1.807) is 30.5 Å². The topological polar surface area (TPSA) is 54.5 Å². The van der Waals surface area contributed by atoms with E-state index in [0.29, 0.717) is 21.2 Å². The zero-order chi connectivity index (χ0) is 17.8. The standard InChI is InChI=1S/C19H12Cl2N2O2/c20-16-6-4-13(9-17(16)21)5-7-19(24)25-12-14-11-23-8-2-1-3-18(23)15(14)10-22/h1-9,11H,12H2/b7-5+. The van der Waals surface area contributed by atoms with Crippen LogP contribution < -0.4 is 0 Å². The van der Waals surface area contributed by atoms with E-state index >= 15 is 0 Å². The van der Waals surface area contributed by atoms with Crippen LogP contribution in [0.5, 0.6) is 0 Å². The predicted octanol–water partition coefficient (Wildman–Crippen LogP) is 4.87. The third kappa shape index (κ3) is 3.85. The number of nitrogens with zero attached hydrogens (tertiary/aromatic N) is 2. The van der Waals surface area contributed by atoms with Gasteiger partial charge in [-0.05, 0) is 35.9 Å². The summed E-state index contributed by atoms with van der Waals surface area (Å²) in [6.07, 6.45) is 6.52. The van der Waals surface area contributed by atoms with Crippen LogP contribution in [0.25, 0.3) is 11.6 Å². The second-order valence-electron chi connectivity index (χ2n) is 5.25. The molecule has 0 radical (unpaired) electrons. The van der Waals surface area contributed by atoms with Crippen molar-refractivity contribution in [2.45, 2.75) is 6.61 Å². The Kier molecular flexibility index (Phi) is 5.08. The van der Waals surface area contributed by atoms with Crippen molar-refractivity contribution in [2.24, 2.45) is 0 Å². The summed E-state index contributed by atoms with van der Waals surface area (Å²) in [6.45, 7) is 0.0229. The van der Waals surface area contributed by atoms with E-state index in [-0.39, 0.29) is 6.61 Å². The second kappa shape index (κ2) is 7.43. The van der Waals surface area contributed by atoms with E-state index < -0.39 is 5.97 Å². The molecular weight excluding hydrogens is 359 g/mol. The summed E-state index contributed by atoms with van der Waals surface area (Å²) < 4.78 is 7.05. The Bertz CT molecular complexity index is 1020. The number of carbonyl (C=O) groups is 1. The lowest BCUT2D eigenvalue weighted by molar-refractivity contribution is -0.138. The molecule has 4 nitrogen and oxygen atoms in total. The number of pyridine rings is 1. The maximum atomic E-state index is 11.9. The molecule has 0 N–H and O–H groups in total. The van der Waals surface area contributed by atoms with Crippen LogP contribution in [0.1, 0.15) is 16.7 Å². The SMILES string of the molecule is N#Cc1c(COC(=O)/C=C/c2ccc(Cl)c(Cl)c2)cn2ccccc12. The Labute approximate surface area is 154 Å². The van der Waals surface area contributed by atoms with Crippen LogP contribution in [0.15, 0.2) is 54.9 Å². The fourth-order valence-electron chi connectivity index (χ4n) is 2.39. The molecule has 2 aromatic heterocycles. The summed E-state index contributed by atoms with van der Waals surface area (Å²) in [5.74, 6) is -0.509. The number of hydrogen-bond donors (Lipinski definition) is 0. The summed E-state index contributed by atoms with van der Waals surface area (Å²) in [4.78, 5) is 11.9. The highest BCUT2D eigenvalue weighted by Crippen LogP contribution is 2.23. The van der Waals surface area contributed by atoms with Gasteiger partial charge in [-0.2, -0.15) is 5.26 Å². The number of fused-ring (bicyclic) bond motifs is 1. The fourth-order valence-corrected chi connectivity index (χ4v) is 2.70. The van der Waals surface area contributed by atoms with Crippen molar-refractivity contribution in [3.63, 3.8) is 0 Å². The molecule has 0 saturated heterocycles. The van der Waals surface area contributed by atoms with Crippen molar-refractivity contribution in [2.75, 3.05) is 0 Å². The fraction of sp³-hybridized carbons (Fsp3) is 0.0526. The molecule has 2 heterocycles. The molecule has 0 atom stereocenters. The lowest BCUT2D eigenvalue weighted by Gasteiger charge is -2.01. The van der Waals surface area contributed by atoms with Crippen LogP contribution in [-0.2, 0) is 16.1 Å². The smallest absolute Gasteiger partial charge is 0.331 e. The summed E-state index contributed by atoms with van der Waals surface area (Å²) in [5, 5.41) is 10.2. The molecule has 124 valence electrons. The number of hydrogen-bond acceptors (Lipinski definition) is 3. The maximum Gasteiger partial charge on any atom is 0.331 e. The highest BCUT2D eigenvalue weighted by atomic mass is 35.5. The largest absolute Gasteiger partial charge is 0.458 e. The number of nitriles is 1. The number of aromatic nitrogens is 1. The maximum absolute atomic E-state index is 11.9. The van der Waals surface area contributed by atoms with Gasteiger partial charge in [-0.15, -0.1) is 0 Å². The number of halogens is 2. The van der Waals surface area contributed by atoms with Crippen molar-refractivity contribution in [1.82, 2.24) is 4.40 Å². The molecule has 1 aromatic carbocycles. The first kappa shape index (κ1) is 17.1. The van der Waals surface area contributed by atoms with Crippen LogP contribution >= 0.6 is 23.2 Å². The van der Waals surface area contributed by atoms with Crippen LogP contribution in [0.2, 0.25) is 10.0 Å². The zero-order valence-corrected chi connectivity index (χ0v) is 14.5. The second-order valence-corrected chi connectivity index (χ2v) is 6.06. The highest BCUT2D eigenvalue weighted by molar-refractivity contribution is 6.42. The minimum atomic E-state index is -0.509. The molecule has 0 aliphatic carbocycles. The van der Waals surface area contributed by atoms with Crippen molar-refractivity contribution in [3.05, 3.63) is 81.6 Å². The first-order chi connectivity index (χ1) is 12.1. The average Bonchev–Trinajstić information content (AvgIpc) is 2.98. The molecule has 0 bridgehead atoms. The lowest BCUT2D eigenvalue weighted by atomic mass is 10.2. The Balaban J connectivity index is 1.69. The molecule has 0 spiro atoms. The van der Waals surface area contributed by atoms with Crippen molar-refractivity contribution < 1.29 is 9.53 Å². The Morgan fingerprint density at radius 2 is 2.08 bits per heavy atom. The van der Waals surface area contributed by atoms with Gasteiger partial charge in [0.1, 0.15) is 12.7 Å². The summed E-state index contributed by atoms with van der Waals surface area (Å²) in [7, 11) is 0. The molecule has 25 heavy (non-hydrogen) atoms. The molecule has 0 fully saturated rings. The van der Waals surface area contributed by atoms with E-state index in [2.05, 4.69) is 6.07 Å². The first-order valence-electron chi connectivity index (χ1n) is 7.37. The third-order valence-corrected chi connectivity index (χ3v) is 4.34. The van der Waals surface area contributed by atoms with Gasteiger partial charge < -0.3 is 9.14 Å². The highest BCUT2D eigenvalue weighted by Gasteiger charge is 2.11. The van der Waals surface area contributed by atoms with Crippen LogP contribution in [-0.4, -0.2) is 10.4 Å². The molecule has 0 aliphatic rings. The Morgan fingerprint density at radius 3 is 2.84 bits per heavy atom. The predicted molar refractivity (Wildman–Crippen MR) is 97.4 cm³/mol. The van der Waals surface area contributed by atoms with Gasteiger partial charge in [-0.3, -0.25) is 0 Å². The Morgan fingerprint density at radius 1 is 1.24 bits per heavy atom. The molecular formula is C19H12Cl2N2O2. The average molecular weight is 371 g/mol. The Hall–Kier alpha value is -2.74. The van der Waals surface area contributed by atoms with Gasteiger partial charge >= 0.3 is 5.97 Å². The van der Waals surface area contributed by atoms with Gasteiger partial charge in [-0.25, -0.2) is 4.79 Å². The number of esters is 1. The number of rotatable bonds is 4. The van der Waals surface area contributed by atoms with Crippen LogP contribution in [0.4, 0.5) is 0 Å². The molecule has 6 heteroatoms. The van der Waals surface area contributed by atoms with Crippen LogP contribution in [0, 0.1) is 11.3 Å². The van der Waals surface area contributed by atoms with E-state index in [0.717, 1.165) is 11.1 Å². The summed E-state index contributed by atoms with van der Waals surface area (Å²) in [5.41, 5.74) is 2.67. The zero-order valence-electron chi connectivity index (χ0n) is 12.9. The number of carbonyl (C=O) groups excluding carboxylic acids is 1. The molecule has 0 saturated carbocycles. The van der Waals surface area contributed by atoms with Crippen molar-refractivity contribution in [3.8, 4) is 6.07 Å². The summed E-state index contributed by atoms with van der Waals surface area (Å²) >= 11 is 11.8. The van der Waals surface area contributed by atoms with Crippen LogP contribution in [0.3, 0.4) is 0 Å². The first-order valence-corrected chi connectivity index (χ1v) is 8.12. The van der Waals surface area contributed by atoms with E-state index in [9.17, 15) is 10.1 Å². The number of benzene rings is 1. The van der Waals surface area contributed by atoms with Gasteiger partial charge in [0.25, 0.3) is 0 Å². The monoisotopic (exact) mass is 370 g/mol. The number of ether oxygens (including phenoxy) is 1. The van der Waals surface area contributed by atoms with Gasteiger partial charge in [-0.1, -0.05) is 35.3 Å². The molecule has 0 aliphatic heterocycles. The minimum Gasteiger partial charge on any atom is -0.458 e. The van der Waals surface area contributed by atoms with Gasteiger partial charge in [0.15, 0.2) is 0 Å². The van der Waals surface area contributed by atoms with Crippen molar-refractivity contribution in [1.29, 1.82) is 5.26 Å². The van der Waals surface area contributed by atoms with E-state index in [1.165, 1.54) is 6.08 Å². The molecule has 3 aromatic rings. The van der Waals surface area contributed by atoms with Gasteiger partial charge in [0.05, 0.1) is 21.1 Å². The molecule has 0 unspecified atom stereocenters. The van der Waals surface area contributed by atoms with E-state index in [4.69, 9.17) is 27.9 Å². The minimum absolute atomic E-state index is 0.0229. The normalized spacial score (nSPS) is 10.9.